The summed E-state index contributed by atoms with van der Waals surface area (Å²) in [6, 6.07) is 9.83. The largest absolute Gasteiger partial charge is 0.480 e. The molecule has 3 aromatic rings. The molecule has 0 unspecified atom stereocenters. The number of esters is 1. The van der Waals surface area contributed by atoms with Crippen molar-refractivity contribution in [3.63, 3.8) is 0 Å². The van der Waals surface area contributed by atoms with Crippen LogP contribution in [0, 0.1) is 10.1 Å². The number of carbonyl (C=O) groups is 2. The number of carbonyl (C=O) groups excluding carboxylic acids is 2. The fourth-order valence-corrected chi connectivity index (χ4v) is 3.76. The normalized spacial score (nSPS) is 10.4. The molecule has 0 bridgehead atoms. The van der Waals surface area contributed by atoms with Crippen LogP contribution in [0.5, 0.6) is 17.2 Å². The molecule has 33 heavy (non-hydrogen) atoms. The van der Waals surface area contributed by atoms with E-state index in [0.717, 1.165) is 11.3 Å². The highest BCUT2D eigenvalue weighted by molar-refractivity contribution is 7.12. The van der Waals surface area contributed by atoms with E-state index in [-0.39, 0.29) is 51.0 Å². The third kappa shape index (κ3) is 6.35. The molecule has 172 valence electrons. The van der Waals surface area contributed by atoms with E-state index in [0.29, 0.717) is 5.75 Å². The average molecular weight is 511 g/mol. The van der Waals surface area contributed by atoms with Gasteiger partial charge in [-0.15, -0.1) is 11.3 Å². The van der Waals surface area contributed by atoms with Gasteiger partial charge < -0.3 is 19.5 Å². The van der Waals surface area contributed by atoms with Crippen LogP contribution >= 0.6 is 34.5 Å². The monoisotopic (exact) mass is 510 g/mol. The number of nitrogens with one attached hydrogen (secondary N) is 1. The third-order valence-electron chi connectivity index (χ3n) is 4.03. The summed E-state index contributed by atoms with van der Waals surface area (Å²) in [5, 5.41) is 15.4. The van der Waals surface area contributed by atoms with E-state index in [1.807, 2.05) is 0 Å². The van der Waals surface area contributed by atoms with Crippen LogP contribution in [-0.2, 0) is 9.53 Å². The highest BCUT2D eigenvalue weighted by Crippen LogP contribution is 2.36. The minimum absolute atomic E-state index is 0.0796. The maximum atomic E-state index is 12.9. The molecule has 0 aliphatic carbocycles. The molecule has 0 saturated carbocycles. The first-order valence-electron chi connectivity index (χ1n) is 9.37. The van der Waals surface area contributed by atoms with Crippen LogP contribution in [0.25, 0.3) is 0 Å². The van der Waals surface area contributed by atoms with E-state index in [4.69, 9.17) is 37.4 Å². The smallest absolute Gasteiger partial charge is 0.344 e. The van der Waals surface area contributed by atoms with E-state index in [9.17, 15) is 19.7 Å². The van der Waals surface area contributed by atoms with Crippen LogP contribution in [0.1, 0.15) is 16.6 Å². The summed E-state index contributed by atoms with van der Waals surface area (Å²) in [5.74, 6) is -0.358. The number of nitrogens with zero attached hydrogens (tertiary/aromatic N) is 1. The van der Waals surface area contributed by atoms with Gasteiger partial charge in [0.25, 0.3) is 11.6 Å². The lowest BCUT2D eigenvalue weighted by atomic mass is 10.2. The maximum Gasteiger partial charge on any atom is 0.344 e. The second kappa shape index (κ2) is 11.0. The Morgan fingerprint density at radius 3 is 2.48 bits per heavy atom. The first-order chi connectivity index (χ1) is 15.8. The van der Waals surface area contributed by atoms with E-state index in [1.165, 1.54) is 36.4 Å². The number of thiophene rings is 1. The van der Waals surface area contributed by atoms with E-state index in [1.54, 1.807) is 18.4 Å². The molecule has 0 aliphatic rings. The molecule has 1 amide bonds. The van der Waals surface area contributed by atoms with E-state index >= 15 is 0 Å². The number of benzene rings is 2. The zero-order chi connectivity index (χ0) is 24.0. The fourth-order valence-electron chi connectivity index (χ4n) is 2.56. The lowest BCUT2D eigenvalue weighted by molar-refractivity contribution is -0.384. The topological polar surface area (TPSA) is 117 Å². The van der Waals surface area contributed by atoms with E-state index < -0.39 is 16.8 Å². The van der Waals surface area contributed by atoms with Gasteiger partial charge in [0.15, 0.2) is 12.4 Å². The highest BCUT2D eigenvalue weighted by atomic mass is 35.5. The van der Waals surface area contributed by atoms with Gasteiger partial charge in [0.1, 0.15) is 16.4 Å². The Morgan fingerprint density at radius 1 is 1.09 bits per heavy atom. The van der Waals surface area contributed by atoms with Crippen LogP contribution in [-0.4, -0.2) is 30.0 Å². The highest BCUT2D eigenvalue weighted by Gasteiger charge is 2.19. The number of hydrogen-bond donors (Lipinski definition) is 1. The SMILES string of the molecule is CCOC(=O)COc1cc(NC(=O)c2sccc2Oc2ccc([N+](=O)[O-])cc2)c(Cl)cc1Cl. The van der Waals surface area contributed by atoms with Crippen molar-refractivity contribution in [2.24, 2.45) is 0 Å². The molecule has 0 atom stereocenters. The molecule has 2 aromatic carbocycles. The molecule has 0 spiro atoms. The Labute approximate surface area is 201 Å². The van der Waals surface area contributed by atoms with Gasteiger partial charge in [-0.2, -0.15) is 0 Å². The van der Waals surface area contributed by atoms with Crippen molar-refractivity contribution >= 4 is 57.8 Å². The molecular formula is C21H16Cl2N2O7S. The van der Waals surface area contributed by atoms with Crippen molar-refractivity contribution in [1.29, 1.82) is 0 Å². The fraction of sp³-hybridized carbons (Fsp3) is 0.143. The molecule has 3 rings (SSSR count). The number of ether oxygens (including phenoxy) is 3. The Morgan fingerprint density at radius 2 is 1.82 bits per heavy atom. The predicted molar refractivity (Wildman–Crippen MR) is 124 cm³/mol. The molecule has 1 aromatic heterocycles. The Hall–Kier alpha value is -3.34. The van der Waals surface area contributed by atoms with E-state index in [2.05, 4.69) is 5.32 Å². The van der Waals surface area contributed by atoms with Crippen LogP contribution in [0.2, 0.25) is 10.0 Å². The average Bonchev–Trinajstić information content (AvgIpc) is 3.23. The maximum absolute atomic E-state index is 12.9. The third-order valence-corrected chi connectivity index (χ3v) is 5.53. The van der Waals surface area contributed by atoms with Crippen molar-refractivity contribution < 1.29 is 28.7 Å². The molecule has 0 aliphatic heterocycles. The molecule has 0 saturated heterocycles. The van der Waals surface area contributed by atoms with Gasteiger partial charge in [0, 0.05) is 18.2 Å². The number of non-ortho nitro benzene ring substituents is 1. The van der Waals surface area contributed by atoms with Crippen LogP contribution in [0.4, 0.5) is 11.4 Å². The lowest BCUT2D eigenvalue weighted by Crippen LogP contribution is -2.15. The standard InChI is InChI=1S/C21H16Cl2N2O7S/c1-2-30-19(26)11-31-18-10-16(14(22)9-15(18)23)24-21(27)20-17(7-8-33-20)32-13-5-3-12(4-6-13)25(28)29/h3-10H,2,11H2,1H3,(H,24,27). The first kappa shape index (κ1) is 24.3. The van der Waals surface area contributed by atoms with Crippen molar-refractivity contribution in [3.8, 4) is 17.2 Å². The number of halogens is 2. The summed E-state index contributed by atoms with van der Waals surface area (Å²) in [4.78, 5) is 34.9. The van der Waals surface area contributed by atoms with Crippen LogP contribution < -0.4 is 14.8 Å². The molecular weight excluding hydrogens is 495 g/mol. The van der Waals surface area contributed by atoms with Gasteiger partial charge in [0.05, 0.1) is 27.3 Å². The Balaban J connectivity index is 1.74. The molecule has 0 fully saturated rings. The first-order valence-corrected chi connectivity index (χ1v) is 11.0. The minimum Gasteiger partial charge on any atom is -0.480 e. The molecule has 1 heterocycles. The van der Waals surface area contributed by atoms with Gasteiger partial charge in [-0.1, -0.05) is 23.2 Å². The number of anilines is 1. The van der Waals surface area contributed by atoms with Crippen molar-refractivity contribution in [2.45, 2.75) is 6.92 Å². The lowest BCUT2D eigenvalue weighted by Gasteiger charge is -2.12. The zero-order valence-corrected chi connectivity index (χ0v) is 19.3. The quantitative estimate of drug-likeness (QED) is 0.214. The number of amides is 1. The second-order valence-corrected chi connectivity index (χ2v) is 8.01. The summed E-state index contributed by atoms with van der Waals surface area (Å²) in [7, 11) is 0. The number of nitro benzene ring substituents is 1. The van der Waals surface area contributed by atoms with Crippen LogP contribution in [0.15, 0.2) is 47.8 Å². The van der Waals surface area contributed by atoms with Gasteiger partial charge in [-0.05, 0) is 36.6 Å². The summed E-state index contributed by atoms with van der Waals surface area (Å²) in [6.07, 6.45) is 0. The predicted octanol–water partition coefficient (Wildman–Crippen LogP) is 5.95. The summed E-state index contributed by atoms with van der Waals surface area (Å²) < 4.78 is 15.9. The van der Waals surface area contributed by atoms with Gasteiger partial charge in [-0.3, -0.25) is 14.9 Å². The Bertz CT molecular complexity index is 1180. The second-order valence-electron chi connectivity index (χ2n) is 6.28. The van der Waals surface area contributed by atoms with Gasteiger partial charge in [-0.25, -0.2) is 4.79 Å². The molecule has 12 heteroatoms. The summed E-state index contributed by atoms with van der Waals surface area (Å²) in [6.45, 7) is 1.52. The summed E-state index contributed by atoms with van der Waals surface area (Å²) >= 11 is 13.4. The van der Waals surface area contributed by atoms with Gasteiger partial charge >= 0.3 is 5.97 Å². The molecule has 1 N–H and O–H groups in total. The molecule has 9 nitrogen and oxygen atoms in total. The summed E-state index contributed by atoms with van der Waals surface area (Å²) in [5.41, 5.74) is 0.128. The number of rotatable bonds is 9. The van der Waals surface area contributed by atoms with Gasteiger partial charge in [0.2, 0.25) is 0 Å². The Kier molecular flexibility index (Phi) is 8.10. The van der Waals surface area contributed by atoms with Crippen molar-refractivity contribution in [1.82, 2.24) is 0 Å². The number of hydrogen-bond acceptors (Lipinski definition) is 8. The van der Waals surface area contributed by atoms with Crippen molar-refractivity contribution in [2.75, 3.05) is 18.5 Å². The van der Waals surface area contributed by atoms with Crippen LogP contribution in [0.3, 0.4) is 0 Å². The number of nitro groups is 1. The minimum atomic E-state index is -0.569. The zero-order valence-electron chi connectivity index (χ0n) is 17.0. The van der Waals surface area contributed by atoms with Crippen molar-refractivity contribution in [3.05, 3.63) is 72.9 Å². The molecule has 0 radical (unpaired) electrons.